The number of carbonyl (C=O) groups is 1. The van der Waals surface area contributed by atoms with Crippen LogP contribution in [-0.2, 0) is 6.42 Å². The van der Waals surface area contributed by atoms with Crippen molar-refractivity contribution in [1.29, 1.82) is 0 Å². The predicted octanol–water partition coefficient (Wildman–Crippen LogP) is 3.88. The van der Waals surface area contributed by atoms with Gasteiger partial charge in [-0.15, -0.1) is 11.3 Å². The van der Waals surface area contributed by atoms with E-state index in [0.29, 0.717) is 12.1 Å². The molecule has 4 rings (SSSR count). The molecule has 4 heteroatoms. The molecule has 0 saturated carbocycles. The predicted molar refractivity (Wildman–Crippen MR) is 80.1 cm³/mol. The van der Waals surface area contributed by atoms with E-state index in [9.17, 15) is 4.79 Å². The summed E-state index contributed by atoms with van der Waals surface area (Å²) in [6.07, 6.45) is 6.25. The first-order chi connectivity index (χ1) is 9.83. The Hall–Kier alpha value is -2.07. The molecule has 2 aromatic heterocycles. The summed E-state index contributed by atoms with van der Waals surface area (Å²) in [5.41, 5.74) is 1.71. The Morgan fingerprint density at radius 3 is 2.90 bits per heavy atom. The molecule has 0 amide bonds. The van der Waals surface area contributed by atoms with Crippen LogP contribution in [-0.4, -0.2) is 15.8 Å². The summed E-state index contributed by atoms with van der Waals surface area (Å²) in [7, 11) is 0. The van der Waals surface area contributed by atoms with Gasteiger partial charge in [-0.05, 0) is 18.2 Å². The van der Waals surface area contributed by atoms with Crippen molar-refractivity contribution in [2.24, 2.45) is 0 Å². The van der Waals surface area contributed by atoms with Crippen molar-refractivity contribution in [3.05, 3.63) is 47.2 Å². The highest BCUT2D eigenvalue weighted by atomic mass is 32.1. The lowest BCUT2D eigenvalue weighted by Crippen LogP contribution is -2.08. The number of pyridine rings is 1. The maximum Gasteiger partial charge on any atom is 0.182 e. The SMILES string of the molecule is O=C1CCCc2sc(-c3cncc4ccccc34)nc21. The van der Waals surface area contributed by atoms with Gasteiger partial charge in [0.1, 0.15) is 10.7 Å². The van der Waals surface area contributed by atoms with Crippen LogP contribution in [0.5, 0.6) is 0 Å². The van der Waals surface area contributed by atoms with Gasteiger partial charge >= 0.3 is 0 Å². The van der Waals surface area contributed by atoms with Gasteiger partial charge < -0.3 is 0 Å². The van der Waals surface area contributed by atoms with Crippen molar-refractivity contribution in [3.8, 4) is 10.6 Å². The van der Waals surface area contributed by atoms with Gasteiger partial charge in [0.15, 0.2) is 5.78 Å². The quantitative estimate of drug-likeness (QED) is 0.679. The summed E-state index contributed by atoms with van der Waals surface area (Å²) in [4.78, 5) is 21.9. The third-order valence-corrected chi connectivity index (χ3v) is 4.82. The molecule has 20 heavy (non-hydrogen) atoms. The second kappa shape index (κ2) is 4.49. The molecule has 0 bridgehead atoms. The smallest absolute Gasteiger partial charge is 0.182 e. The zero-order chi connectivity index (χ0) is 13.5. The zero-order valence-corrected chi connectivity index (χ0v) is 11.6. The fourth-order valence-electron chi connectivity index (χ4n) is 2.67. The largest absolute Gasteiger partial charge is 0.292 e. The first-order valence-electron chi connectivity index (χ1n) is 6.69. The number of hydrogen-bond acceptors (Lipinski definition) is 4. The minimum Gasteiger partial charge on any atom is -0.292 e. The van der Waals surface area contributed by atoms with Crippen molar-refractivity contribution in [1.82, 2.24) is 9.97 Å². The topological polar surface area (TPSA) is 42.9 Å². The standard InChI is InChI=1S/C16H12N2OS/c19-13-6-3-7-14-15(13)18-16(20-14)12-9-17-8-10-4-1-2-5-11(10)12/h1-2,4-5,8-9H,3,6-7H2. The van der Waals surface area contributed by atoms with E-state index in [-0.39, 0.29) is 5.78 Å². The first-order valence-corrected chi connectivity index (χ1v) is 7.50. The number of aryl methyl sites for hydroxylation is 1. The van der Waals surface area contributed by atoms with E-state index in [4.69, 9.17) is 0 Å². The van der Waals surface area contributed by atoms with Crippen molar-refractivity contribution in [3.63, 3.8) is 0 Å². The third kappa shape index (κ3) is 1.76. The van der Waals surface area contributed by atoms with Crippen LogP contribution in [0.1, 0.15) is 28.2 Å². The van der Waals surface area contributed by atoms with Gasteiger partial charge in [-0.25, -0.2) is 4.98 Å². The summed E-state index contributed by atoms with van der Waals surface area (Å²) in [5.74, 6) is 0.182. The third-order valence-electron chi connectivity index (χ3n) is 3.67. The maximum atomic E-state index is 11.9. The second-order valence-electron chi connectivity index (χ2n) is 4.98. The molecule has 1 aliphatic carbocycles. The van der Waals surface area contributed by atoms with Gasteiger partial charge in [0, 0.05) is 34.6 Å². The number of aromatic nitrogens is 2. The molecule has 0 aliphatic heterocycles. The minimum atomic E-state index is 0.182. The Morgan fingerprint density at radius 2 is 2.00 bits per heavy atom. The molecule has 98 valence electrons. The lowest BCUT2D eigenvalue weighted by molar-refractivity contribution is 0.0968. The monoisotopic (exact) mass is 280 g/mol. The number of thiazole rings is 1. The van der Waals surface area contributed by atoms with Crippen molar-refractivity contribution in [2.75, 3.05) is 0 Å². The van der Waals surface area contributed by atoms with Crippen LogP contribution in [0, 0.1) is 0 Å². The molecule has 0 unspecified atom stereocenters. The van der Waals surface area contributed by atoms with Crippen LogP contribution < -0.4 is 0 Å². The van der Waals surface area contributed by atoms with Crippen molar-refractivity contribution >= 4 is 27.9 Å². The Kier molecular flexibility index (Phi) is 2.63. The molecule has 1 aliphatic rings. The van der Waals surface area contributed by atoms with E-state index >= 15 is 0 Å². The van der Waals surface area contributed by atoms with Crippen molar-refractivity contribution in [2.45, 2.75) is 19.3 Å². The van der Waals surface area contributed by atoms with Crippen LogP contribution in [0.15, 0.2) is 36.7 Å². The molecular weight excluding hydrogens is 268 g/mol. The summed E-state index contributed by atoms with van der Waals surface area (Å²) in [6, 6.07) is 8.15. The van der Waals surface area contributed by atoms with Gasteiger partial charge in [-0.3, -0.25) is 9.78 Å². The molecule has 2 heterocycles. The molecule has 0 saturated heterocycles. The number of carbonyl (C=O) groups excluding carboxylic acids is 1. The molecule has 0 spiro atoms. The number of hydrogen-bond donors (Lipinski definition) is 0. The Balaban J connectivity index is 1.94. The van der Waals surface area contributed by atoms with Gasteiger partial charge in [0.25, 0.3) is 0 Å². The molecular formula is C16H12N2OS. The number of Topliss-reactive ketones (excluding diaryl/α,β-unsaturated/α-hetero) is 1. The highest BCUT2D eigenvalue weighted by Crippen LogP contribution is 2.35. The average Bonchev–Trinajstić information content (AvgIpc) is 2.92. The maximum absolute atomic E-state index is 11.9. The Morgan fingerprint density at radius 1 is 1.10 bits per heavy atom. The van der Waals surface area contributed by atoms with E-state index < -0.39 is 0 Å². The van der Waals surface area contributed by atoms with Crippen LogP contribution in [0.25, 0.3) is 21.3 Å². The first kappa shape index (κ1) is 11.7. The van der Waals surface area contributed by atoms with Gasteiger partial charge in [0.2, 0.25) is 0 Å². The second-order valence-corrected chi connectivity index (χ2v) is 6.06. The molecule has 3 aromatic rings. The van der Waals surface area contributed by atoms with E-state index in [2.05, 4.69) is 16.0 Å². The van der Waals surface area contributed by atoms with Crippen LogP contribution in [0.3, 0.4) is 0 Å². The highest BCUT2D eigenvalue weighted by molar-refractivity contribution is 7.15. The highest BCUT2D eigenvalue weighted by Gasteiger charge is 2.23. The number of fused-ring (bicyclic) bond motifs is 2. The molecule has 3 nitrogen and oxygen atoms in total. The lowest BCUT2D eigenvalue weighted by Gasteiger charge is -2.06. The van der Waals surface area contributed by atoms with Crippen LogP contribution in [0.4, 0.5) is 0 Å². The Bertz CT molecular complexity index is 817. The van der Waals surface area contributed by atoms with Crippen LogP contribution in [0.2, 0.25) is 0 Å². The van der Waals surface area contributed by atoms with E-state index in [0.717, 1.165) is 39.1 Å². The molecule has 0 fully saturated rings. The average molecular weight is 280 g/mol. The summed E-state index contributed by atoms with van der Waals surface area (Å²) < 4.78 is 0. The molecule has 0 radical (unpaired) electrons. The fourth-order valence-corrected chi connectivity index (χ4v) is 3.81. The Labute approximate surface area is 120 Å². The number of nitrogens with zero attached hydrogens (tertiary/aromatic N) is 2. The summed E-state index contributed by atoms with van der Waals surface area (Å²) in [5, 5.41) is 3.15. The van der Waals surface area contributed by atoms with E-state index in [1.807, 2.05) is 30.6 Å². The fraction of sp³-hybridized carbons (Fsp3) is 0.188. The van der Waals surface area contributed by atoms with E-state index in [1.54, 1.807) is 11.3 Å². The number of rotatable bonds is 1. The number of ketones is 1. The summed E-state index contributed by atoms with van der Waals surface area (Å²) >= 11 is 1.64. The van der Waals surface area contributed by atoms with Gasteiger partial charge in [-0.2, -0.15) is 0 Å². The molecule has 0 N–H and O–H groups in total. The molecule has 1 aromatic carbocycles. The van der Waals surface area contributed by atoms with Gasteiger partial charge in [-0.1, -0.05) is 24.3 Å². The van der Waals surface area contributed by atoms with Crippen molar-refractivity contribution < 1.29 is 4.79 Å². The summed E-state index contributed by atoms with van der Waals surface area (Å²) in [6.45, 7) is 0. The minimum absolute atomic E-state index is 0.182. The lowest BCUT2D eigenvalue weighted by atomic mass is 10.0. The zero-order valence-electron chi connectivity index (χ0n) is 10.8. The van der Waals surface area contributed by atoms with Gasteiger partial charge in [0.05, 0.1) is 0 Å². The van der Waals surface area contributed by atoms with Crippen LogP contribution >= 0.6 is 11.3 Å². The molecule has 0 atom stereocenters. The number of benzene rings is 1. The normalized spacial score (nSPS) is 14.5. The van der Waals surface area contributed by atoms with E-state index in [1.165, 1.54) is 0 Å².